The predicted molar refractivity (Wildman–Crippen MR) is 86.6 cm³/mol. The highest BCUT2D eigenvalue weighted by molar-refractivity contribution is 7.59. The molecule has 0 aliphatic carbocycles. The van der Waals surface area contributed by atoms with Crippen LogP contribution in [0, 0.1) is 0 Å². The molecule has 0 amide bonds. The molecule has 3 N–H and O–H groups in total. The molecule has 3 atom stereocenters. The van der Waals surface area contributed by atoms with Gasteiger partial charge >= 0.3 is 5.97 Å². The molecule has 0 radical (unpaired) electrons. The zero-order chi connectivity index (χ0) is 15.3. The van der Waals surface area contributed by atoms with E-state index in [0.717, 1.165) is 0 Å². The topological polar surface area (TPSA) is 81.8 Å². The molecule has 1 aliphatic rings. The van der Waals surface area contributed by atoms with E-state index in [1.165, 1.54) is 5.56 Å². The van der Waals surface area contributed by atoms with Gasteiger partial charge in [0.25, 0.3) is 0 Å². The molecule has 2 rings (SSSR count). The minimum Gasteiger partial charge on any atom is -0.479 e. The first kappa shape index (κ1) is 19.9. The van der Waals surface area contributed by atoms with Crippen molar-refractivity contribution >= 4 is 19.5 Å². The maximum Gasteiger partial charge on any atom is 0.335 e. The van der Waals surface area contributed by atoms with Crippen LogP contribution in [0.5, 0.6) is 0 Å². The third kappa shape index (κ3) is 6.48. The number of carboxylic acids is 1. The van der Waals surface area contributed by atoms with Crippen molar-refractivity contribution in [3.8, 4) is 0 Å². The third-order valence-corrected chi connectivity index (χ3v) is 2.88. The Hall–Kier alpha value is -1.08. The fraction of sp³-hybridized carbons (Fsp3) is 0.533. The van der Waals surface area contributed by atoms with Gasteiger partial charge in [0.05, 0.1) is 6.10 Å². The van der Waals surface area contributed by atoms with E-state index in [1.54, 1.807) is 20.8 Å². The fourth-order valence-electron chi connectivity index (χ4n) is 1.95. The molecule has 1 aromatic rings. The van der Waals surface area contributed by atoms with Crippen molar-refractivity contribution in [3.63, 3.8) is 0 Å². The highest BCUT2D eigenvalue weighted by Gasteiger charge is 2.42. The number of ether oxygens (including phenoxy) is 2. The lowest BCUT2D eigenvalue weighted by Crippen LogP contribution is -2.29. The van der Waals surface area contributed by atoms with Crippen molar-refractivity contribution < 1.29 is 19.4 Å². The molecule has 1 aromatic carbocycles. The smallest absolute Gasteiger partial charge is 0.335 e. The molecule has 1 saturated heterocycles. The summed E-state index contributed by atoms with van der Waals surface area (Å²) in [5.41, 5.74) is 6.81. The van der Waals surface area contributed by atoms with Gasteiger partial charge in [0.15, 0.2) is 11.9 Å². The highest BCUT2D eigenvalue weighted by atomic mass is 32.1. The van der Waals surface area contributed by atoms with Gasteiger partial charge < -0.3 is 20.3 Å². The van der Waals surface area contributed by atoms with E-state index < -0.39 is 17.9 Å². The molecule has 5 nitrogen and oxygen atoms in total. The monoisotopic (exact) mass is 315 g/mol. The molecule has 1 fully saturated rings. The van der Waals surface area contributed by atoms with E-state index in [1.807, 2.05) is 37.3 Å². The second-order valence-corrected chi connectivity index (χ2v) is 5.30. The van der Waals surface area contributed by atoms with Gasteiger partial charge in [-0.15, -0.1) is 0 Å². The van der Waals surface area contributed by atoms with Crippen molar-refractivity contribution in [2.75, 3.05) is 0 Å². The van der Waals surface area contributed by atoms with E-state index in [0.29, 0.717) is 0 Å². The van der Waals surface area contributed by atoms with Gasteiger partial charge in [0.2, 0.25) is 0 Å². The second-order valence-electron chi connectivity index (χ2n) is 5.30. The van der Waals surface area contributed by atoms with Crippen LogP contribution in [0.1, 0.15) is 39.3 Å². The summed E-state index contributed by atoms with van der Waals surface area (Å²) in [6, 6.07) is 10.2. The van der Waals surface area contributed by atoms with Crippen molar-refractivity contribution in [3.05, 3.63) is 35.9 Å². The Morgan fingerprint density at radius 3 is 2.05 bits per heavy atom. The molecule has 0 aromatic heterocycles. The number of nitrogens with two attached hydrogens (primary N) is 1. The molecule has 120 valence electrons. The lowest BCUT2D eigenvalue weighted by atomic mass is 10.1. The average Bonchev–Trinajstić information content (AvgIpc) is 2.65. The Bertz CT molecular complexity index is 437. The molecule has 1 aliphatic heterocycles. The van der Waals surface area contributed by atoms with Gasteiger partial charge in [-0.05, 0) is 33.3 Å². The molecule has 1 heterocycles. The second kappa shape index (κ2) is 8.38. The molecular weight excluding hydrogens is 290 g/mol. The minimum absolute atomic E-state index is 0. The first-order valence-electron chi connectivity index (χ1n) is 6.62. The van der Waals surface area contributed by atoms with Gasteiger partial charge in [0, 0.05) is 6.04 Å². The maximum absolute atomic E-state index is 10.5. The van der Waals surface area contributed by atoms with Gasteiger partial charge in [-0.25, -0.2) is 4.79 Å². The fourth-order valence-corrected chi connectivity index (χ4v) is 1.95. The summed E-state index contributed by atoms with van der Waals surface area (Å²) in [6.45, 7) is 7.07. The van der Waals surface area contributed by atoms with Crippen LogP contribution in [0.15, 0.2) is 30.3 Å². The summed E-state index contributed by atoms with van der Waals surface area (Å²) in [4.78, 5) is 10.5. The summed E-state index contributed by atoms with van der Waals surface area (Å²) >= 11 is 0. The molecule has 2 unspecified atom stereocenters. The van der Waals surface area contributed by atoms with Crippen molar-refractivity contribution in [1.29, 1.82) is 0 Å². The normalized spacial score (nSPS) is 24.2. The molecule has 21 heavy (non-hydrogen) atoms. The van der Waals surface area contributed by atoms with Gasteiger partial charge in [-0.2, -0.15) is 13.5 Å². The first-order valence-corrected chi connectivity index (χ1v) is 6.62. The Morgan fingerprint density at radius 2 is 1.81 bits per heavy atom. The third-order valence-electron chi connectivity index (χ3n) is 2.88. The molecule has 0 saturated carbocycles. The zero-order valence-electron chi connectivity index (χ0n) is 12.9. The lowest BCUT2D eigenvalue weighted by Gasteiger charge is -2.15. The predicted octanol–water partition coefficient (Wildman–Crippen LogP) is 2.43. The van der Waals surface area contributed by atoms with Gasteiger partial charge in [-0.1, -0.05) is 30.3 Å². The maximum atomic E-state index is 10.5. The largest absolute Gasteiger partial charge is 0.479 e. The Kier molecular flexibility index (Phi) is 7.95. The number of aliphatic carboxylic acids is 1. The number of hydrogen-bond donors (Lipinski definition) is 2. The summed E-state index contributed by atoms with van der Waals surface area (Å²) in [5, 5.41) is 8.61. The van der Waals surface area contributed by atoms with Gasteiger partial charge in [-0.3, -0.25) is 0 Å². The van der Waals surface area contributed by atoms with E-state index in [2.05, 4.69) is 0 Å². The first-order chi connectivity index (χ1) is 9.23. The van der Waals surface area contributed by atoms with Crippen molar-refractivity contribution in [2.24, 2.45) is 5.73 Å². The summed E-state index contributed by atoms with van der Waals surface area (Å²) in [5.74, 6) is -1.73. The number of carbonyl (C=O) groups is 1. The van der Waals surface area contributed by atoms with E-state index in [-0.39, 0.29) is 25.6 Å². The van der Waals surface area contributed by atoms with Crippen LogP contribution in [0.4, 0.5) is 0 Å². The number of carboxylic acid groups (broad SMARTS) is 1. The lowest BCUT2D eigenvalue weighted by molar-refractivity contribution is -0.165. The quantitative estimate of drug-likeness (QED) is 0.876. The number of benzene rings is 1. The Balaban J connectivity index is 0.000000370. The highest BCUT2D eigenvalue weighted by Crippen LogP contribution is 2.27. The van der Waals surface area contributed by atoms with Crippen LogP contribution in [0.25, 0.3) is 0 Å². The standard InChI is InChI=1S/C8H11N.C7H12O4.H2S/c1-7(9)8-5-3-2-4-6-8;1-4-5(6(8)9)11-7(2,3)10-4;/h2-7H,9H2,1H3;4-5H,1-3H3,(H,8,9);1H2/t7-;;/m0../s1. The summed E-state index contributed by atoms with van der Waals surface area (Å²) in [7, 11) is 0. The SMILES string of the molecule is CC1OC(C)(C)OC1C(=O)O.C[C@H](N)c1ccccc1.S. The average molecular weight is 315 g/mol. The van der Waals surface area contributed by atoms with Crippen molar-refractivity contribution in [2.45, 2.75) is 51.7 Å². The van der Waals surface area contributed by atoms with E-state index in [9.17, 15) is 4.79 Å². The summed E-state index contributed by atoms with van der Waals surface area (Å²) < 4.78 is 10.3. The van der Waals surface area contributed by atoms with E-state index >= 15 is 0 Å². The Morgan fingerprint density at radius 1 is 1.29 bits per heavy atom. The summed E-state index contributed by atoms with van der Waals surface area (Å²) in [6.07, 6.45) is -1.20. The van der Waals surface area contributed by atoms with Gasteiger partial charge in [0.1, 0.15) is 0 Å². The number of hydrogen-bond acceptors (Lipinski definition) is 4. The van der Waals surface area contributed by atoms with Crippen LogP contribution in [0.3, 0.4) is 0 Å². The Labute approximate surface area is 132 Å². The van der Waals surface area contributed by atoms with Crippen LogP contribution >= 0.6 is 13.5 Å². The van der Waals surface area contributed by atoms with Crippen molar-refractivity contribution in [1.82, 2.24) is 0 Å². The van der Waals surface area contributed by atoms with Crippen LogP contribution in [-0.2, 0) is 14.3 Å². The number of rotatable bonds is 2. The van der Waals surface area contributed by atoms with E-state index in [4.69, 9.17) is 20.3 Å². The molecule has 6 heteroatoms. The van der Waals surface area contributed by atoms with Crippen LogP contribution in [-0.4, -0.2) is 29.1 Å². The van der Waals surface area contributed by atoms with Crippen LogP contribution in [0.2, 0.25) is 0 Å². The van der Waals surface area contributed by atoms with Crippen LogP contribution < -0.4 is 5.73 Å². The minimum atomic E-state index is -0.969. The molecule has 0 bridgehead atoms. The molecule has 0 spiro atoms. The molecular formula is C15H25NO4S. The zero-order valence-corrected chi connectivity index (χ0v) is 13.9.